The average Bonchev–Trinajstić information content (AvgIpc) is 2.77. The summed E-state index contributed by atoms with van der Waals surface area (Å²) in [5, 5.41) is 7.90. The van der Waals surface area contributed by atoms with Crippen molar-refractivity contribution in [3.63, 3.8) is 0 Å². The van der Waals surface area contributed by atoms with Gasteiger partial charge in [0.05, 0.1) is 16.9 Å². The first-order valence-electron chi connectivity index (χ1n) is 11.5. The SMILES string of the molecule is C[C@@H](N=C1NC(C)(Cl)NC2=C1CN(S(=O)(=O)C1CCNCC1)CC2)c1cc(N)cc(C(F)(F)F)c1. The quantitative estimate of drug-likeness (QED) is 0.268. The molecule has 1 aromatic carbocycles. The predicted octanol–water partition coefficient (Wildman–Crippen LogP) is 2.89. The van der Waals surface area contributed by atoms with Gasteiger partial charge in [-0.05, 0) is 63.5 Å². The highest BCUT2D eigenvalue weighted by molar-refractivity contribution is 7.89. The van der Waals surface area contributed by atoms with Gasteiger partial charge in [-0.3, -0.25) is 4.99 Å². The topological polar surface area (TPSA) is 112 Å². The third-order valence-electron chi connectivity index (χ3n) is 6.51. The van der Waals surface area contributed by atoms with Crippen molar-refractivity contribution in [3.8, 4) is 0 Å². The molecule has 0 aliphatic carbocycles. The minimum atomic E-state index is -4.54. The Bertz CT molecular complexity index is 1150. The van der Waals surface area contributed by atoms with Crippen LogP contribution >= 0.6 is 11.6 Å². The average molecular weight is 535 g/mol. The van der Waals surface area contributed by atoms with Crippen LogP contribution in [0.15, 0.2) is 34.5 Å². The van der Waals surface area contributed by atoms with Gasteiger partial charge in [-0.25, -0.2) is 8.42 Å². The number of piperidine rings is 1. The van der Waals surface area contributed by atoms with E-state index >= 15 is 0 Å². The number of nitrogens with two attached hydrogens (primary N) is 1. The van der Waals surface area contributed by atoms with Crippen LogP contribution in [0.5, 0.6) is 0 Å². The highest BCUT2D eigenvalue weighted by atomic mass is 35.5. The van der Waals surface area contributed by atoms with Gasteiger partial charge in [0.1, 0.15) is 5.84 Å². The molecule has 0 aromatic heterocycles. The zero-order valence-corrected chi connectivity index (χ0v) is 21.1. The molecule has 0 saturated carbocycles. The summed E-state index contributed by atoms with van der Waals surface area (Å²) >= 11 is 6.53. The molecule has 13 heteroatoms. The van der Waals surface area contributed by atoms with Crippen LogP contribution in [0.1, 0.15) is 50.3 Å². The molecular formula is C22H30ClF3N6O2S. The van der Waals surface area contributed by atoms with Gasteiger partial charge >= 0.3 is 6.18 Å². The minimum Gasteiger partial charge on any atom is -0.399 e. The molecule has 2 atom stereocenters. The molecule has 0 spiro atoms. The molecule has 0 amide bonds. The van der Waals surface area contributed by atoms with E-state index in [1.807, 2.05) is 0 Å². The van der Waals surface area contributed by atoms with Crippen LogP contribution in [0.3, 0.4) is 0 Å². The number of hydrogen-bond acceptors (Lipinski definition) is 6. The molecule has 1 saturated heterocycles. The minimum absolute atomic E-state index is 0.0147. The van der Waals surface area contributed by atoms with Crippen molar-refractivity contribution in [2.45, 2.75) is 55.7 Å². The molecule has 3 heterocycles. The summed E-state index contributed by atoms with van der Waals surface area (Å²) in [5.41, 5.74) is 6.56. The van der Waals surface area contributed by atoms with E-state index < -0.39 is 38.2 Å². The van der Waals surface area contributed by atoms with E-state index in [0.717, 1.165) is 17.8 Å². The van der Waals surface area contributed by atoms with Crippen molar-refractivity contribution in [1.29, 1.82) is 0 Å². The molecule has 3 aliphatic heterocycles. The Morgan fingerprint density at radius 3 is 2.57 bits per heavy atom. The number of aliphatic imine (C=N–C) groups is 1. The molecule has 8 nitrogen and oxygen atoms in total. The molecule has 5 N–H and O–H groups in total. The van der Waals surface area contributed by atoms with Crippen LogP contribution in [0.2, 0.25) is 0 Å². The third kappa shape index (κ3) is 5.71. The summed E-state index contributed by atoms with van der Waals surface area (Å²) in [6, 6.07) is 2.66. The standard InChI is InChI=1S/C22H30ClF3N6O2S/c1-13(14-9-15(22(24,25)26)11-16(27)10-14)29-20-18-12-32(8-5-19(18)30-21(2,23)31-20)35(33,34)17-3-6-28-7-4-17/h9-11,13,17,28,30H,3-8,12,27H2,1-2H3,(H,29,31)/t13-,21?/m1/s1. The van der Waals surface area contributed by atoms with Crippen LogP contribution in [-0.2, 0) is 16.2 Å². The molecule has 0 bridgehead atoms. The Labute approximate surface area is 208 Å². The number of benzene rings is 1. The summed E-state index contributed by atoms with van der Waals surface area (Å²) in [5.74, 6) is 0.352. The third-order valence-corrected chi connectivity index (χ3v) is 9.05. The fraction of sp³-hybridized carbons (Fsp3) is 0.591. The molecule has 1 unspecified atom stereocenters. The summed E-state index contributed by atoms with van der Waals surface area (Å²) in [6.07, 6.45) is -3.01. The van der Waals surface area contributed by atoms with Gasteiger partial charge in [0.15, 0.2) is 5.12 Å². The molecule has 35 heavy (non-hydrogen) atoms. The number of hydrogen-bond donors (Lipinski definition) is 4. The van der Waals surface area contributed by atoms with Gasteiger partial charge in [-0.1, -0.05) is 11.6 Å². The number of nitrogens with one attached hydrogen (secondary N) is 3. The predicted molar refractivity (Wildman–Crippen MR) is 130 cm³/mol. The summed E-state index contributed by atoms with van der Waals surface area (Å²) in [6.45, 7) is 5.08. The lowest BCUT2D eigenvalue weighted by atomic mass is 10.0. The van der Waals surface area contributed by atoms with Crippen molar-refractivity contribution in [2.75, 3.05) is 31.9 Å². The van der Waals surface area contributed by atoms with Crippen molar-refractivity contribution in [1.82, 2.24) is 20.3 Å². The normalized spacial score (nSPS) is 26.7. The number of halogens is 4. The van der Waals surface area contributed by atoms with E-state index in [4.69, 9.17) is 17.3 Å². The number of nitrogen functional groups attached to an aromatic ring is 1. The van der Waals surface area contributed by atoms with Crippen LogP contribution < -0.4 is 21.7 Å². The van der Waals surface area contributed by atoms with Crippen molar-refractivity contribution in [3.05, 3.63) is 40.6 Å². The first kappa shape index (κ1) is 26.1. The molecular weight excluding hydrogens is 505 g/mol. The van der Waals surface area contributed by atoms with E-state index in [1.54, 1.807) is 13.8 Å². The zero-order valence-electron chi connectivity index (χ0n) is 19.5. The number of amidine groups is 1. The monoisotopic (exact) mass is 534 g/mol. The maximum absolute atomic E-state index is 13.3. The Morgan fingerprint density at radius 1 is 1.23 bits per heavy atom. The summed E-state index contributed by atoms with van der Waals surface area (Å²) in [7, 11) is -3.52. The van der Waals surface area contributed by atoms with Gasteiger partial charge < -0.3 is 21.7 Å². The smallest absolute Gasteiger partial charge is 0.399 e. The van der Waals surface area contributed by atoms with E-state index in [2.05, 4.69) is 20.9 Å². The largest absolute Gasteiger partial charge is 0.416 e. The molecule has 1 aromatic rings. The van der Waals surface area contributed by atoms with Gasteiger partial charge in [0, 0.05) is 36.5 Å². The summed E-state index contributed by atoms with van der Waals surface area (Å²) < 4.78 is 68.0. The van der Waals surface area contributed by atoms with E-state index in [9.17, 15) is 21.6 Å². The Hall–Kier alpha value is -2.02. The number of sulfonamides is 1. The second-order valence-corrected chi connectivity index (χ2v) is 12.3. The van der Waals surface area contributed by atoms with Crippen LogP contribution in [0.25, 0.3) is 0 Å². The van der Waals surface area contributed by atoms with Gasteiger partial charge in [0.2, 0.25) is 10.0 Å². The molecule has 4 rings (SSSR count). The molecule has 3 aliphatic rings. The summed E-state index contributed by atoms with van der Waals surface area (Å²) in [4.78, 5) is 4.65. The van der Waals surface area contributed by atoms with Crippen LogP contribution in [-0.4, -0.2) is 55.1 Å². The Morgan fingerprint density at radius 2 is 1.91 bits per heavy atom. The fourth-order valence-corrected chi connectivity index (χ4v) is 6.80. The maximum atomic E-state index is 13.3. The van der Waals surface area contributed by atoms with E-state index in [1.165, 1.54) is 10.4 Å². The lowest BCUT2D eigenvalue weighted by molar-refractivity contribution is -0.137. The molecule has 0 radical (unpaired) electrons. The number of alkyl halides is 4. The first-order chi connectivity index (χ1) is 16.3. The van der Waals surface area contributed by atoms with Crippen LogP contribution in [0.4, 0.5) is 18.9 Å². The number of nitrogens with zero attached hydrogens (tertiary/aromatic N) is 2. The lowest BCUT2D eigenvalue weighted by Gasteiger charge is -2.41. The highest BCUT2D eigenvalue weighted by Gasteiger charge is 2.40. The zero-order chi connectivity index (χ0) is 25.6. The first-order valence-corrected chi connectivity index (χ1v) is 13.4. The highest BCUT2D eigenvalue weighted by Crippen LogP contribution is 2.34. The van der Waals surface area contributed by atoms with E-state index in [-0.39, 0.29) is 12.2 Å². The Kier molecular flexibility index (Phi) is 7.04. The van der Waals surface area contributed by atoms with Gasteiger partial charge in [-0.15, -0.1) is 0 Å². The number of rotatable bonds is 4. The molecule has 1 fully saturated rings. The van der Waals surface area contributed by atoms with Crippen LogP contribution in [0, 0.1) is 0 Å². The van der Waals surface area contributed by atoms with Gasteiger partial charge in [-0.2, -0.15) is 17.5 Å². The maximum Gasteiger partial charge on any atom is 0.416 e. The fourth-order valence-electron chi connectivity index (χ4n) is 4.69. The second-order valence-electron chi connectivity index (χ2n) is 9.33. The van der Waals surface area contributed by atoms with Crippen molar-refractivity contribution < 1.29 is 21.6 Å². The second kappa shape index (κ2) is 9.45. The van der Waals surface area contributed by atoms with Gasteiger partial charge in [0.25, 0.3) is 0 Å². The van der Waals surface area contributed by atoms with E-state index in [0.29, 0.717) is 55.9 Å². The lowest BCUT2D eigenvalue weighted by Crippen LogP contribution is -2.60. The van der Waals surface area contributed by atoms with Crippen molar-refractivity contribution >= 4 is 33.1 Å². The Balaban J connectivity index is 1.66. The van der Waals surface area contributed by atoms with Crippen molar-refractivity contribution in [2.24, 2.45) is 4.99 Å². The molecule has 194 valence electrons. The number of anilines is 1.